The number of carbonyl (C=O) groups excluding carboxylic acids is 1. The Balaban J connectivity index is 2.32. The quantitative estimate of drug-likeness (QED) is 0.787. The van der Waals surface area contributed by atoms with E-state index in [2.05, 4.69) is 5.32 Å². The largest absolute Gasteiger partial charge is 0.481 e. The van der Waals surface area contributed by atoms with Crippen molar-refractivity contribution in [3.05, 3.63) is 0 Å². The van der Waals surface area contributed by atoms with Crippen LogP contribution in [0.1, 0.15) is 32.6 Å². The highest BCUT2D eigenvalue weighted by Crippen LogP contribution is 2.24. The Morgan fingerprint density at radius 3 is 2.31 bits per heavy atom. The van der Waals surface area contributed by atoms with Gasteiger partial charge >= 0.3 is 5.97 Å². The third-order valence-electron chi connectivity index (χ3n) is 3.15. The van der Waals surface area contributed by atoms with Gasteiger partial charge in [0.1, 0.15) is 0 Å². The van der Waals surface area contributed by atoms with Gasteiger partial charge in [-0.05, 0) is 38.9 Å². The number of amides is 1. The predicted molar refractivity (Wildman–Crippen MR) is 64.5 cm³/mol. The maximum Gasteiger partial charge on any atom is 0.306 e. The summed E-state index contributed by atoms with van der Waals surface area (Å²) >= 11 is 1.52. The van der Waals surface area contributed by atoms with Gasteiger partial charge in [-0.15, -0.1) is 0 Å². The second-order valence-electron chi connectivity index (χ2n) is 4.27. The molecule has 1 atom stereocenters. The summed E-state index contributed by atoms with van der Waals surface area (Å²) in [4.78, 5) is 22.4. The molecule has 16 heavy (non-hydrogen) atoms. The van der Waals surface area contributed by atoms with Crippen LogP contribution in [0.5, 0.6) is 0 Å². The molecule has 5 heteroatoms. The number of thioether (sulfide) groups is 1. The van der Waals surface area contributed by atoms with Crippen molar-refractivity contribution in [2.45, 2.75) is 43.9 Å². The zero-order chi connectivity index (χ0) is 12.1. The van der Waals surface area contributed by atoms with Crippen LogP contribution >= 0.6 is 11.8 Å². The lowest BCUT2D eigenvalue weighted by Crippen LogP contribution is -2.41. The molecule has 92 valence electrons. The van der Waals surface area contributed by atoms with Crippen LogP contribution < -0.4 is 5.32 Å². The summed E-state index contributed by atoms with van der Waals surface area (Å²) in [5, 5.41) is 11.8. The van der Waals surface area contributed by atoms with Crippen molar-refractivity contribution in [3.63, 3.8) is 0 Å². The molecule has 1 aliphatic carbocycles. The Morgan fingerprint density at radius 1 is 1.31 bits per heavy atom. The van der Waals surface area contributed by atoms with E-state index >= 15 is 0 Å². The summed E-state index contributed by atoms with van der Waals surface area (Å²) in [6, 6.07) is 0.165. The molecule has 1 rings (SSSR count). The fourth-order valence-corrected chi connectivity index (χ4v) is 2.19. The second-order valence-corrected chi connectivity index (χ2v) is 5.45. The summed E-state index contributed by atoms with van der Waals surface area (Å²) in [7, 11) is 0. The first-order valence-electron chi connectivity index (χ1n) is 5.60. The van der Waals surface area contributed by atoms with Crippen LogP contribution in [-0.4, -0.2) is 34.5 Å². The topological polar surface area (TPSA) is 66.4 Å². The summed E-state index contributed by atoms with van der Waals surface area (Å²) in [5.74, 6) is -0.861. The molecule has 0 radical (unpaired) electrons. The average molecular weight is 245 g/mol. The van der Waals surface area contributed by atoms with Gasteiger partial charge in [-0.2, -0.15) is 11.8 Å². The van der Waals surface area contributed by atoms with Crippen molar-refractivity contribution in [1.82, 2.24) is 5.32 Å². The van der Waals surface area contributed by atoms with Gasteiger partial charge in [0, 0.05) is 6.04 Å². The van der Waals surface area contributed by atoms with Crippen LogP contribution in [0.15, 0.2) is 0 Å². The molecule has 0 saturated heterocycles. The van der Waals surface area contributed by atoms with Crippen LogP contribution in [0.25, 0.3) is 0 Å². The maximum atomic E-state index is 11.6. The molecular weight excluding hydrogens is 226 g/mol. The summed E-state index contributed by atoms with van der Waals surface area (Å²) in [5.41, 5.74) is 0. The van der Waals surface area contributed by atoms with E-state index in [0.29, 0.717) is 12.8 Å². The highest BCUT2D eigenvalue weighted by atomic mass is 32.2. The fraction of sp³-hybridized carbons (Fsp3) is 0.818. The van der Waals surface area contributed by atoms with E-state index < -0.39 is 5.97 Å². The van der Waals surface area contributed by atoms with E-state index in [1.165, 1.54) is 11.8 Å². The molecule has 0 aromatic carbocycles. The molecule has 0 heterocycles. The van der Waals surface area contributed by atoms with Crippen molar-refractivity contribution in [1.29, 1.82) is 0 Å². The summed E-state index contributed by atoms with van der Waals surface area (Å²) < 4.78 is 0. The molecule has 4 nitrogen and oxygen atoms in total. The number of carboxylic acid groups (broad SMARTS) is 1. The molecule has 1 amide bonds. The number of hydrogen-bond donors (Lipinski definition) is 2. The molecular formula is C11H19NO3S. The zero-order valence-corrected chi connectivity index (χ0v) is 10.5. The Morgan fingerprint density at radius 2 is 1.88 bits per heavy atom. The molecule has 0 aliphatic heterocycles. The van der Waals surface area contributed by atoms with E-state index in [1.807, 2.05) is 13.2 Å². The van der Waals surface area contributed by atoms with Crippen LogP contribution in [0.2, 0.25) is 0 Å². The zero-order valence-electron chi connectivity index (χ0n) is 9.73. The number of rotatable bonds is 4. The Kier molecular flexibility index (Phi) is 5.12. The number of carbonyl (C=O) groups is 2. The van der Waals surface area contributed by atoms with E-state index in [9.17, 15) is 9.59 Å². The minimum Gasteiger partial charge on any atom is -0.481 e. The lowest BCUT2D eigenvalue weighted by atomic mass is 9.86. The number of hydrogen-bond acceptors (Lipinski definition) is 3. The maximum absolute atomic E-state index is 11.6. The summed E-state index contributed by atoms with van der Waals surface area (Å²) in [6.07, 6.45) is 4.82. The van der Waals surface area contributed by atoms with Crippen molar-refractivity contribution in [2.75, 3.05) is 6.26 Å². The Bertz CT molecular complexity index is 262. The molecule has 1 aliphatic rings. The van der Waals surface area contributed by atoms with Crippen LogP contribution in [0, 0.1) is 5.92 Å². The lowest BCUT2D eigenvalue weighted by Gasteiger charge is -2.27. The normalized spacial score (nSPS) is 27.1. The van der Waals surface area contributed by atoms with Crippen molar-refractivity contribution in [2.24, 2.45) is 5.92 Å². The molecule has 2 N–H and O–H groups in total. The third-order valence-corrected chi connectivity index (χ3v) is 4.07. The van der Waals surface area contributed by atoms with E-state index in [0.717, 1.165) is 12.8 Å². The smallest absolute Gasteiger partial charge is 0.306 e. The third kappa shape index (κ3) is 3.70. The van der Waals surface area contributed by atoms with Gasteiger partial charge in [-0.25, -0.2) is 0 Å². The van der Waals surface area contributed by atoms with E-state index in [-0.39, 0.29) is 23.1 Å². The first-order valence-corrected chi connectivity index (χ1v) is 6.89. The van der Waals surface area contributed by atoms with Gasteiger partial charge in [0.05, 0.1) is 11.2 Å². The molecule has 1 fully saturated rings. The number of carboxylic acids is 1. The fourth-order valence-electron chi connectivity index (χ4n) is 1.91. The van der Waals surface area contributed by atoms with Crippen molar-refractivity contribution in [3.8, 4) is 0 Å². The summed E-state index contributed by atoms with van der Waals surface area (Å²) in [6.45, 7) is 1.88. The number of aliphatic carboxylic acids is 1. The van der Waals surface area contributed by atoms with E-state index in [4.69, 9.17) is 5.11 Å². The molecule has 0 aromatic rings. The first kappa shape index (κ1) is 13.4. The first-order chi connectivity index (χ1) is 7.54. The van der Waals surface area contributed by atoms with Gasteiger partial charge in [0.2, 0.25) is 5.91 Å². The molecule has 0 aromatic heterocycles. The number of nitrogens with one attached hydrogen (secondary N) is 1. The van der Waals surface area contributed by atoms with Gasteiger partial charge in [0.15, 0.2) is 0 Å². The van der Waals surface area contributed by atoms with Gasteiger partial charge < -0.3 is 10.4 Å². The average Bonchev–Trinajstić information content (AvgIpc) is 2.28. The SMILES string of the molecule is CSC(C)C(=O)NC1CCC(C(=O)O)CC1. The van der Waals surface area contributed by atoms with Gasteiger partial charge in [-0.3, -0.25) is 9.59 Å². The monoisotopic (exact) mass is 245 g/mol. The molecule has 1 saturated carbocycles. The Hall–Kier alpha value is -0.710. The van der Waals surface area contributed by atoms with Crippen molar-refractivity contribution < 1.29 is 14.7 Å². The van der Waals surface area contributed by atoms with Gasteiger partial charge in [-0.1, -0.05) is 0 Å². The molecule has 1 unspecified atom stereocenters. The molecule has 0 bridgehead atoms. The van der Waals surface area contributed by atoms with Crippen LogP contribution in [0.4, 0.5) is 0 Å². The highest BCUT2D eigenvalue weighted by Gasteiger charge is 2.27. The standard InChI is InChI=1S/C11H19NO3S/c1-7(16-2)10(13)12-9-5-3-8(4-6-9)11(14)15/h7-9H,3-6H2,1-2H3,(H,12,13)(H,14,15). The van der Waals surface area contributed by atoms with Crippen LogP contribution in [0.3, 0.4) is 0 Å². The lowest BCUT2D eigenvalue weighted by molar-refractivity contribution is -0.142. The Labute approximate surface area is 100 Å². The minimum absolute atomic E-state index is 0.0304. The minimum atomic E-state index is -0.706. The van der Waals surface area contributed by atoms with E-state index in [1.54, 1.807) is 0 Å². The predicted octanol–water partition coefficient (Wildman–Crippen LogP) is 1.50. The second kappa shape index (κ2) is 6.13. The van der Waals surface area contributed by atoms with Crippen molar-refractivity contribution >= 4 is 23.6 Å². The molecule has 0 spiro atoms. The highest BCUT2D eigenvalue weighted by molar-refractivity contribution is 7.99. The van der Waals surface area contributed by atoms with Gasteiger partial charge in [0.25, 0.3) is 0 Å². The van der Waals surface area contributed by atoms with Crippen LogP contribution in [-0.2, 0) is 9.59 Å².